The van der Waals surface area contributed by atoms with Gasteiger partial charge in [-0.25, -0.2) is 0 Å². The number of ether oxygens (including phenoxy) is 3. The van der Waals surface area contributed by atoms with Gasteiger partial charge in [-0.3, -0.25) is 34.2 Å². The second-order valence-electron chi connectivity index (χ2n) is 13.1. The number of benzene rings is 4. The molecule has 2 aliphatic rings. The number of aryl methyl sites for hydroxylation is 1. The fourth-order valence-corrected chi connectivity index (χ4v) is 6.59. The van der Waals surface area contributed by atoms with E-state index in [2.05, 4.69) is 65.0 Å². The number of carbonyl (C=O) groups excluding carboxylic acids is 5. The van der Waals surface area contributed by atoms with Gasteiger partial charge in [0.05, 0.1) is 30.9 Å². The molecule has 1 saturated heterocycles. The van der Waals surface area contributed by atoms with Gasteiger partial charge in [0.1, 0.15) is 29.9 Å². The summed E-state index contributed by atoms with van der Waals surface area (Å²) < 4.78 is 17.5. The summed E-state index contributed by atoms with van der Waals surface area (Å²) in [5, 5.41) is 8.37. The van der Waals surface area contributed by atoms with Crippen LogP contribution in [0.15, 0.2) is 78.9 Å². The second kappa shape index (κ2) is 17.6. The van der Waals surface area contributed by atoms with Gasteiger partial charge >= 0.3 is 0 Å². The van der Waals surface area contributed by atoms with Gasteiger partial charge in [0.15, 0.2) is 0 Å². The van der Waals surface area contributed by atoms with E-state index in [-0.39, 0.29) is 42.7 Å². The van der Waals surface area contributed by atoms with Crippen LogP contribution in [0.3, 0.4) is 0 Å². The molecule has 55 heavy (non-hydrogen) atoms. The fourth-order valence-electron chi connectivity index (χ4n) is 6.59. The summed E-state index contributed by atoms with van der Waals surface area (Å²) in [7, 11) is 3.19. The van der Waals surface area contributed by atoms with Gasteiger partial charge in [-0.05, 0) is 47.7 Å². The normalized spacial score (nSPS) is 14.8. The Balaban J connectivity index is 0.958. The highest BCUT2D eigenvalue weighted by atomic mass is 16.5. The molecule has 12 heteroatoms. The maximum absolute atomic E-state index is 13.3. The van der Waals surface area contributed by atoms with Crippen LogP contribution in [0.25, 0.3) is 11.1 Å². The van der Waals surface area contributed by atoms with E-state index in [4.69, 9.17) is 14.2 Å². The number of piperidine rings is 1. The summed E-state index contributed by atoms with van der Waals surface area (Å²) in [6.45, 7) is 3.74. The minimum absolute atomic E-state index is 0.0365. The monoisotopic (exact) mass is 742 g/mol. The molecule has 4 aromatic rings. The number of rotatable bonds is 14. The van der Waals surface area contributed by atoms with E-state index in [1.807, 2.05) is 30.3 Å². The Labute approximate surface area is 319 Å². The van der Waals surface area contributed by atoms with Crippen LogP contribution in [-0.2, 0) is 27.5 Å². The lowest BCUT2D eigenvalue weighted by atomic mass is 10.0. The van der Waals surface area contributed by atoms with Crippen LogP contribution >= 0.6 is 0 Å². The van der Waals surface area contributed by atoms with Crippen LogP contribution in [0.5, 0.6) is 17.2 Å². The predicted molar refractivity (Wildman–Crippen MR) is 204 cm³/mol. The van der Waals surface area contributed by atoms with E-state index < -0.39 is 29.7 Å². The molecular formula is C43H42N4O8. The fraction of sp³-hybridized carbons (Fsp3) is 0.279. The molecule has 282 valence electrons. The van der Waals surface area contributed by atoms with Gasteiger partial charge in [-0.2, -0.15) is 0 Å². The van der Waals surface area contributed by atoms with Crippen molar-refractivity contribution in [1.82, 2.24) is 20.9 Å². The molecule has 4 aromatic carbocycles. The molecule has 1 unspecified atom stereocenters. The molecule has 0 saturated carbocycles. The van der Waals surface area contributed by atoms with Crippen molar-refractivity contribution in [1.29, 1.82) is 0 Å². The largest absolute Gasteiger partial charge is 0.496 e. The molecule has 0 radical (unpaired) electrons. The van der Waals surface area contributed by atoms with E-state index in [9.17, 15) is 24.0 Å². The van der Waals surface area contributed by atoms with E-state index in [1.54, 1.807) is 26.4 Å². The van der Waals surface area contributed by atoms with Gasteiger partial charge in [-0.1, -0.05) is 66.4 Å². The number of fused-ring (bicyclic) bond motifs is 1. The number of hydrogen-bond donors (Lipinski definition) is 3. The van der Waals surface area contributed by atoms with Crippen LogP contribution < -0.4 is 30.2 Å². The third kappa shape index (κ3) is 8.86. The molecule has 2 aliphatic heterocycles. The van der Waals surface area contributed by atoms with Crippen LogP contribution in [0, 0.1) is 18.8 Å². The molecule has 2 heterocycles. The number of nitrogens with zero attached hydrogens (tertiary/aromatic N) is 1. The zero-order valence-corrected chi connectivity index (χ0v) is 31.0. The van der Waals surface area contributed by atoms with Crippen molar-refractivity contribution in [2.75, 3.05) is 27.3 Å². The van der Waals surface area contributed by atoms with Crippen molar-refractivity contribution in [2.45, 2.75) is 51.8 Å². The molecule has 1 fully saturated rings. The minimum Gasteiger partial charge on any atom is -0.496 e. The molecule has 0 bridgehead atoms. The zero-order valence-electron chi connectivity index (χ0n) is 31.0. The Kier molecular flexibility index (Phi) is 12.2. The number of imide groups is 2. The molecule has 6 rings (SSSR count). The highest BCUT2D eigenvalue weighted by molar-refractivity contribution is 6.24. The van der Waals surface area contributed by atoms with E-state index in [0.29, 0.717) is 49.1 Å². The van der Waals surface area contributed by atoms with Gasteiger partial charge < -0.3 is 24.8 Å². The first-order valence-electron chi connectivity index (χ1n) is 18.0. The molecule has 1 atom stereocenters. The molecule has 5 amide bonds. The van der Waals surface area contributed by atoms with Crippen molar-refractivity contribution in [3.05, 3.63) is 112 Å². The van der Waals surface area contributed by atoms with Crippen LogP contribution in [0.1, 0.15) is 68.7 Å². The van der Waals surface area contributed by atoms with Crippen molar-refractivity contribution in [3.63, 3.8) is 0 Å². The van der Waals surface area contributed by atoms with Crippen molar-refractivity contribution in [3.8, 4) is 40.2 Å². The molecule has 3 N–H and O–H groups in total. The van der Waals surface area contributed by atoms with Crippen LogP contribution in [-0.4, -0.2) is 67.8 Å². The lowest BCUT2D eigenvalue weighted by Crippen LogP contribution is -2.54. The molecule has 12 nitrogen and oxygen atoms in total. The Morgan fingerprint density at radius 1 is 0.891 bits per heavy atom. The van der Waals surface area contributed by atoms with E-state index >= 15 is 0 Å². The summed E-state index contributed by atoms with van der Waals surface area (Å²) in [4.78, 5) is 63.7. The van der Waals surface area contributed by atoms with Crippen LogP contribution in [0.2, 0.25) is 0 Å². The zero-order chi connectivity index (χ0) is 38.9. The SMILES string of the molecule is COc1cc(OCc2ccc(-c3ccccc3)cc2C)cc(OC)c1CNCCNC(=O)CCC#Cc1cccc2c1C(=O)N(C1CCC(=O)NC1=O)C2=O. The summed E-state index contributed by atoms with van der Waals surface area (Å²) in [6.07, 6.45) is 0.467. The maximum atomic E-state index is 13.3. The lowest BCUT2D eigenvalue weighted by Gasteiger charge is -2.27. The minimum atomic E-state index is -1.06. The quantitative estimate of drug-likeness (QED) is 0.0949. The predicted octanol–water partition coefficient (Wildman–Crippen LogP) is 4.70. The molecule has 0 aromatic heterocycles. The van der Waals surface area contributed by atoms with Gasteiger partial charge in [0, 0.05) is 56.6 Å². The number of amides is 5. The Morgan fingerprint density at radius 3 is 2.36 bits per heavy atom. The summed E-state index contributed by atoms with van der Waals surface area (Å²) in [5.41, 5.74) is 5.96. The maximum Gasteiger partial charge on any atom is 0.263 e. The first kappa shape index (κ1) is 38.3. The first-order chi connectivity index (χ1) is 26.7. The van der Waals surface area contributed by atoms with Gasteiger partial charge in [0.25, 0.3) is 11.8 Å². The van der Waals surface area contributed by atoms with Crippen molar-refractivity contribution in [2.24, 2.45) is 0 Å². The number of hydrogen-bond acceptors (Lipinski definition) is 9. The van der Waals surface area contributed by atoms with E-state index in [1.165, 1.54) is 6.07 Å². The Morgan fingerprint density at radius 2 is 1.65 bits per heavy atom. The third-order valence-electron chi connectivity index (χ3n) is 9.52. The smallest absolute Gasteiger partial charge is 0.263 e. The van der Waals surface area contributed by atoms with Gasteiger partial charge in [-0.15, -0.1) is 0 Å². The summed E-state index contributed by atoms with van der Waals surface area (Å²) >= 11 is 0. The second-order valence-corrected chi connectivity index (χ2v) is 13.1. The van der Waals surface area contributed by atoms with Crippen LogP contribution in [0.4, 0.5) is 0 Å². The molecule has 0 spiro atoms. The summed E-state index contributed by atoms with van der Waals surface area (Å²) in [5.74, 6) is 5.14. The topological polar surface area (TPSA) is 152 Å². The Hall–Kier alpha value is -6.45. The summed E-state index contributed by atoms with van der Waals surface area (Å²) in [6, 6.07) is 23.9. The number of nitrogens with one attached hydrogen (secondary N) is 3. The van der Waals surface area contributed by atoms with E-state index in [0.717, 1.165) is 32.7 Å². The Bertz CT molecular complexity index is 2160. The standard InChI is InChI=1S/C43H42N4O8/c1-27-22-30(28-10-5-4-6-11-28)16-17-31(27)26-55-32-23-36(53-2)34(37(24-32)54-3)25-44-20-21-45-38(48)15-8-7-12-29-13-9-14-33-40(29)43(52)47(42(33)51)35-18-19-39(49)46-41(35)50/h4-6,9-11,13-14,16-17,22-24,35,44H,8,15,18-21,25-26H2,1-3H3,(H,45,48)(H,46,49,50). The average molecular weight is 743 g/mol. The molecule has 0 aliphatic carbocycles. The number of methoxy groups -OCH3 is 2. The highest BCUT2D eigenvalue weighted by Crippen LogP contribution is 2.35. The van der Waals surface area contributed by atoms with Crippen molar-refractivity contribution >= 4 is 29.5 Å². The number of carbonyl (C=O) groups is 5. The lowest BCUT2D eigenvalue weighted by molar-refractivity contribution is -0.136. The average Bonchev–Trinajstić information content (AvgIpc) is 3.45. The third-order valence-corrected chi connectivity index (χ3v) is 9.52. The highest BCUT2D eigenvalue weighted by Gasteiger charge is 2.45. The van der Waals surface area contributed by atoms with Gasteiger partial charge in [0.2, 0.25) is 17.7 Å². The molecular weight excluding hydrogens is 700 g/mol. The van der Waals surface area contributed by atoms with Crippen molar-refractivity contribution < 1.29 is 38.2 Å². The first-order valence-corrected chi connectivity index (χ1v) is 18.0.